The molecule has 3 nitrogen and oxygen atoms in total. The molecule has 0 N–H and O–H groups in total. The summed E-state index contributed by atoms with van der Waals surface area (Å²) in [5.41, 5.74) is 2.16. The summed E-state index contributed by atoms with van der Waals surface area (Å²) in [4.78, 5) is 7.71. The molecule has 1 aromatic heterocycles. The molecule has 2 aromatic carbocycles. The second-order valence-corrected chi connectivity index (χ2v) is 9.96. The van der Waals surface area contributed by atoms with Gasteiger partial charge in [-0.15, -0.1) is 17.8 Å². The molecule has 0 saturated heterocycles. The second-order valence-electron chi connectivity index (χ2n) is 8.37. The van der Waals surface area contributed by atoms with E-state index in [-0.39, 0.29) is 23.9 Å². The number of benzene rings is 2. The van der Waals surface area contributed by atoms with E-state index in [0.29, 0.717) is 38.5 Å². The van der Waals surface area contributed by atoms with Crippen molar-refractivity contribution in [3.05, 3.63) is 62.7 Å². The molecule has 172 valence electrons. The van der Waals surface area contributed by atoms with Gasteiger partial charge >= 0.3 is 0 Å². The average Bonchev–Trinajstić information content (AvgIpc) is 3.56. The Morgan fingerprint density at radius 3 is 2.82 bits per heavy atom. The van der Waals surface area contributed by atoms with Crippen LogP contribution in [-0.4, -0.2) is 18.6 Å². The van der Waals surface area contributed by atoms with Crippen LogP contribution < -0.4 is 9.64 Å². The Kier molecular flexibility index (Phi) is 5.01. The van der Waals surface area contributed by atoms with Crippen LogP contribution in [0.3, 0.4) is 0 Å². The van der Waals surface area contributed by atoms with Crippen LogP contribution in [0.2, 0.25) is 5.02 Å². The summed E-state index contributed by atoms with van der Waals surface area (Å²) in [6.45, 7) is 1.31. The van der Waals surface area contributed by atoms with Crippen LogP contribution in [-0.2, 0) is 0 Å². The lowest BCUT2D eigenvalue weighted by atomic mass is 9.98. The first-order chi connectivity index (χ1) is 18.2. The SMILES string of the molecule is [2H]C([2H])([2H])Oc1cc(Cl)c(-c2nc(N(CC#C)[C@@H](CC3CC3)c3ccc(C([2H])([2H])[2H])c(F)c3)sc2C)cc1C. The summed E-state index contributed by atoms with van der Waals surface area (Å²) in [6, 6.07) is 7.19. The summed E-state index contributed by atoms with van der Waals surface area (Å²) in [5.74, 6) is 2.55. The van der Waals surface area contributed by atoms with E-state index in [1.54, 1.807) is 19.1 Å². The van der Waals surface area contributed by atoms with Gasteiger partial charge < -0.3 is 9.64 Å². The van der Waals surface area contributed by atoms with Gasteiger partial charge in [-0.2, -0.15) is 0 Å². The van der Waals surface area contributed by atoms with Gasteiger partial charge in [0.2, 0.25) is 0 Å². The zero-order chi connectivity index (χ0) is 28.7. The van der Waals surface area contributed by atoms with Gasteiger partial charge in [0.05, 0.1) is 34.5 Å². The lowest BCUT2D eigenvalue weighted by Gasteiger charge is -2.31. The topological polar surface area (TPSA) is 25.4 Å². The van der Waals surface area contributed by atoms with Crippen LogP contribution in [0.25, 0.3) is 11.3 Å². The van der Waals surface area contributed by atoms with Crippen molar-refractivity contribution in [1.82, 2.24) is 4.98 Å². The van der Waals surface area contributed by atoms with Gasteiger partial charge in [-0.1, -0.05) is 42.5 Å². The molecule has 33 heavy (non-hydrogen) atoms. The van der Waals surface area contributed by atoms with Crippen molar-refractivity contribution in [2.75, 3.05) is 18.5 Å². The molecule has 1 heterocycles. The van der Waals surface area contributed by atoms with Gasteiger partial charge in [-0.25, -0.2) is 9.37 Å². The molecule has 1 aliphatic carbocycles. The van der Waals surface area contributed by atoms with Crippen LogP contribution in [0, 0.1) is 44.8 Å². The van der Waals surface area contributed by atoms with Crippen LogP contribution in [0.1, 0.15) is 55.1 Å². The molecule has 6 heteroatoms. The Morgan fingerprint density at radius 2 is 2.15 bits per heavy atom. The van der Waals surface area contributed by atoms with E-state index in [4.69, 9.17) is 36.0 Å². The number of methoxy groups -OCH3 is 1. The molecule has 1 saturated carbocycles. The van der Waals surface area contributed by atoms with Crippen molar-refractivity contribution >= 4 is 28.1 Å². The summed E-state index contributed by atoms with van der Waals surface area (Å²) >= 11 is 7.98. The standard InChI is InChI=1S/C27H28ClFN2OS/c1-6-11-31(24(13-19-8-9-19)20-10-7-16(2)23(29)14-20)27-30-26(18(4)33-27)21-12-17(3)25(32-5)15-22(21)28/h1,7,10,12,14-15,19,24H,8-9,11,13H2,2-5H3/t24-/m0/s1/i2D3,5D3. The molecule has 0 spiro atoms. The quantitative estimate of drug-likeness (QED) is 0.306. The van der Waals surface area contributed by atoms with E-state index in [9.17, 15) is 4.39 Å². The molecular formula is C27H28ClFN2OS. The van der Waals surface area contributed by atoms with Gasteiger partial charge in [0.25, 0.3) is 0 Å². The highest BCUT2D eigenvalue weighted by atomic mass is 35.5. The summed E-state index contributed by atoms with van der Waals surface area (Å²) < 4.78 is 64.9. The fraction of sp³-hybridized carbons (Fsp3) is 0.370. The third kappa shape index (κ3) is 5.03. The molecule has 1 aliphatic rings. The maximum atomic E-state index is 14.9. The van der Waals surface area contributed by atoms with E-state index in [1.807, 2.05) is 11.8 Å². The van der Waals surface area contributed by atoms with Crippen molar-refractivity contribution in [3.63, 3.8) is 0 Å². The number of terminal acetylenes is 1. The molecule has 0 unspecified atom stereocenters. The summed E-state index contributed by atoms with van der Waals surface area (Å²) in [6.07, 6.45) is 8.62. The van der Waals surface area contributed by atoms with Crippen LogP contribution in [0.15, 0.2) is 30.3 Å². The number of aromatic nitrogens is 1. The smallest absolute Gasteiger partial charge is 0.187 e. The Hall–Kier alpha value is -2.55. The van der Waals surface area contributed by atoms with Crippen molar-refractivity contribution in [1.29, 1.82) is 0 Å². The van der Waals surface area contributed by atoms with Gasteiger partial charge in [-0.05, 0) is 67.9 Å². The first-order valence-corrected chi connectivity index (χ1v) is 11.8. The van der Waals surface area contributed by atoms with Crippen LogP contribution in [0.4, 0.5) is 9.52 Å². The average molecular weight is 489 g/mol. The maximum Gasteiger partial charge on any atom is 0.187 e. The Bertz CT molecular complexity index is 1410. The lowest BCUT2D eigenvalue weighted by molar-refractivity contribution is 0.412. The third-order valence-electron chi connectivity index (χ3n) is 5.93. The first-order valence-electron chi connectivity index (χ1n) is 13.6. The molecule has 1 fully saturated rings. The van der Waals surface area contributed by atoms with E-state index in [0.717, 1.165) is 24.1 Å². The highest BCUT2D eigenvalue weighted by molar-refractivity contribution is 7.16. The minimum Gasteiger partial charge on any atom is -0.496 e. The van der Waals surface area contributed by atoms with Crippen molar-refractivity contribution < 1.29 is 17.4 Å². The van der Waals surface area contributed by atoms with E-state index >= 15 is 0 Å². The predicted molar refractivity (Wildman–Crippen MR) is 136 cm³/mol. The van der Waals surface area contributed by atoms with Gasteiger partial charge in [0, 0.05) is 14.6 Å². The van der Waals surface area contributed by atoms with E-state index < -0.39 is 19.7 Å². The number of hydrogen-bond donors (Lipinski definition) is 0. The molecule has 1 atom stereocenters. The van der Waals surface area contributed by atoms with Crippen molar-refractivity contribution in [3.8, 4) is 29.4 Å². The van der Waals surface area contributed by atoms with Crippen molar-refractivity contribution in [2.45, 2.75) is 46.0 Å². The Labute approximate surface area is 213 Å². The van der Waals surface area contributed by atoms with Gasteiger partial charge in [0.1, 0.15) is 11.6 Å². The molecular weight excluding hydrogens is 455 g/mol. The number of halogens is 2. The molecule has 0 bridgehead atoms. The van der Waals surface area contributed by atoms with Crippen molar-refractivity contribution in [2.24, 2.45) is 5.92 Å². The number of hydrogen-bond acceptors (Lipinski definition) is 4. The Balaban J connectivity index is 1.74. The summed E-state index contributed by atoms with van der Waals surface area (Å²) in [5, 5.41) is 0.920. The summed E-state index contributed by atoms with van der Waals surface area (Å²) in [7, 11) is -2.60. The van der Waals surface area contributed by atoms with Crippen LogP contribution >= 0.6 is 22.9 Å². The molecule has 0 amide bonds. The fourth-order valence-corrected chi connectivity index (χ4v) is 5.19. The zero-order valence-corrected chi connectivity index (χ0v) is 20.0. The second kappa shape index (κ2) is 9.75. The molecule has 3 aromatic rings. The van der Waals surface area contributed by atoms with Gasteiger partial charge in [0.15, 0.2) is 5.13 Å². The first kappa shape index (κ1) is 17.0. The number of anilines is 1. The lowest BCUT2D eigenvalue weighted by Crippen LogP contribution is -2.29. The van der Waals surface area contributed by atoms with E-state index in [2.05, 4.69) is 5.92 Å². The number of ether oxygens (including phenoxy) is 1. The highest BCUT2D eigenvalue weighted by Crippen LogP contribution is 2.44. The molecule has 4 rings (SSSR count). The molecule has 0 radical (unpaired) electrons. The number of aryl methyl sites for hydroxylation is 3. The highest BCUT2D eigenvalue weighted by Gasteiger charge is 2.32. The molecule has 0 aliphatic heterocycles. The number of rotatable bonds is 8. The Morgan fingerprint density at radius 1 is 1.33 bits per heavy atom. The third-order valence-corrected chi connectivity index (χ3v) is 7.25. The van der Waals surface area contributed by atoms with Gasteiger partial charge in [-0.3, -0.25) is 0 Å². The zero-order valence-electron chi connectivity index (χ0n) is 24.4. The minimum absolute atomic E-state index is 0.165. The minimum atomic E-state index is -2.60. The van der Waals surface area contributed by atoms with E-state index in [1.165, 1.54) is 29.5 Å². The number of nitrogens with zero attached hydrogens (tertiary/aromatic N) is 2. The normalized spacial score (nSPS) is 17.5. The fourth-order valence-electron chi connectivity index (χ4n) is 3.97. The largest absolute Gasteiger partial charge is 0.496 e. The van der Waals surface area contributed by atoms with Crippen LogP contribution in [0.5, 0.6) is 5.75 Å². The maximum absolute atomic E-state index is 14.9. The monoisotopic (exact) mass is 488 g/mol. The number of thiazole rings is 1. The predicted octanol–water partition coefficient (Wildman–Crippen LogP) is 7.52.